The fourth-order valence-electron chi connectivity index (χ4n) is 2.29. The number of rotatable bonds is 8. The molecule has 0 spiro atoms. The van der Waals surface area contributed by atoms with E-state index in [0.29, 0.717) is 17.2 Å². The predicted octanol–water partition coefficient (Wildman–Crippen LogP) is 2.59. The zero-order valence-electron chi connectivity index (χ0n) is 13.9. The van der Waals surface area contributed by atoms with E-state index in [4.69, 9.17) is 4.74 Å². The highest BCUT2D eigenvalue weighted by atomic mass is 16.5. The predicted molar refractivity (Wildman–Crippen MR) is 86.4 cm³/mol. The maximum absolute atomic E-state index is 9.18. The van der Waals surface area contributed by atoms with E-state index in [1.165, 1.54) is 0 Å². The third-order valence-corrected chi connectivity index (χ3v) is 3.28. The molecule has 21 heavy (non-hydrogen) atoms. The Balaban J connectivity index is 2.80. The van der Waals surface area contributed by atoms with Crippen molar-refractivity contribution in [1.82, 2.24) is 9.80 Å². The molecule has 0 bridgehead atoms. The van der Waals surface area contributed by atoms with E-state index < -0.39 is 0 Å². The number of benzene rings is 1. The number of nitriles is 1. The van der Waals surface area contributed by atoms with E-state index in [0.717, 1.165) is 31.7 Å². The molecule has 0 N–H and O–H groups in total. The molecule has 0 saturated carbocycles. The van der Waals surface area contributed by atoms with Gasteiger partial charge in [0.1, 0.15) is 11.8 Å². The largest absolute Gasteiger partial charge is 0.495 e. The molecule has 0 saturated heterocycles. The second-order valence-corrected chi connectivity index (χ2v) is 6.08. The van der Waals surface area contributed by atoms with E-state index >= 15 is 0 Å². The van der Waals surface area contributed by atoms with Crippen molar-refractivity contribution in [3.8, 4) is 11.8 Å². The minimum Gasteiger partial charge on any atom is -0.495 e. The number of nitrogens with zero attached hydrogens (tertiary/aromatic N) is 3. The summed E-state index contributed by atoms with van der Waals surface area (Å²) < 4.78 is 5.20. The summed E-state index contributed by atoms with van der Waals surface area (Å²) in [6.45, 7) is 8.45. The van der Waals surface area contributed by atoms with Crippen LogP contribution >= 0.6 is 0 Å². The Morgan fingerprint density at radius 1 is 1.24 bits per heavy atom. The summed E-state index contributed by atoms with van der Waals surface area (Å²) in [5.74, 6) is 1.27. The molecule has 4 nitrogen and oxygen atoms in total. The molecule has 1 rings (SSSR count). The molecule has 4 heteroatoms. The number of likely N-dealkylation sites (N-methyl/N-ethyl adjacent to an activating group) is 1. The van der Waals surface area contributed by atoms with Gasteiger partial charge in [-0.1, -0.05) is 19.9 Å². The van der Waals surface area contributed by atoms with Gasteiger partial charge >= 0.3 is 0 Å². The summed E-state index contributed by atoms with van der Waals surface area (Å²) in [5.41, 5.74) is 1.76. The smallest absolute Gasteiger partial charge is 0.136 e. The lowest BCUT2D eigenvalue weighted by molar-refractivity contribution is 0.211. The molecule has 0 aliphatic rings. The first-order chi connectivity index (χ1) is 9.96. The lowest BCUT2D eigenvalue weighted by atomic mass is 10.1. The van der Waals surface area contributed by atoms with Crippen molar-refractivity contribution in [2.75, 3.05) is 40.8 Å². The second-order valence-electron chi connectivity index (χ2n) is 6.08. The van der Waals surface area contributed by atoms with Crippen molar-refractivity contribution in [2.24, 2.45) is 5.92 Å². The first-order valence-corrected chi connectivity index (χ1v) is 7.40. The zero-order valence-corrected chi connectivity index (χ0v) is 13.9. The summed E-state index contributed by atoms with van der Waals surface area (Å²) in [7, 11) is 5.78. The van der Waals surface area contributed by atoms with Gasteiger partial charge in [-0.15, -0.1) is 0 Å². The van der Waals surface area contributed by atoms with Crippen LogP contribution in [-0.2, 0) is 6.54 Å². The molecule has 0 aromatic heterocycles. The monoisotopic (exact) mass is 289 g/mol. The Bertz CT molecular complexity index is 477. The van der Waals surface area contributed by atoms with Gasteiger partial charge in [0, 0.05) is 26.2 Å². The van der Waals surface area contributed by atoms with E-state index in [-0.39, 0.29) is 0 Å². The van der Waals surface area contributed by atoms with E-state index in [1.54, 1.807) is 7.11 Å². The Morgan fingerprint density at radius 2 is 1.95 bits per heavy atom. The van der Waals surface area contributed by atoms with E-state index in [9.17, 15) is 5.26 Å². The fourth-order valence-corrected chi connectivity index (χ4v) is 2.29. The quantitative estimate of drug-likeness (QED) is 0.737. The molecule has 1 aromatic rings. The summed E-state index contributed by atoms with van der Waals surface area (Å²) in [4.78, 5) is 4.63. The van der Waals surface area contributed by atoms with Crippen LogP contribution < -0.4 is 4.74 Å². The summed E-state index contributed by atoms with van der Waals surface area (Å²) in [5, 5.41) is 9.18. The Kier molecular flexibility index (Phi) is 7.21. The fraction of sp³-hybridized carbons (Fsp3) is 0.588. The van der Waals surface area contributed by atoms with Crippen LogP contribution in [0.1, 0.15) is 25.0 Å². The summed E-state index contributed by atoms with van der Waals surface area (Å²) in [6.07, 6.45) is 0. The van der Waals surface area contributed by atoms with Crippen molar-refractivity contribution in [3.63, 3.8) is 0 Å². The maximum Gasteiger partial charge on any atom is 0.136 e. The van der Waals surface area contributed by atoms with Gasteiger partial charge in [-0.25, -0.2) is 0 Å². The molecule has 0 fully saturated rings. The molecule has 0 amide bonds. The highest BCUT2D eigenvalue weighted by molar-refractivity contribution is 5.45. The number of hydrogen-bond donors (Lipinski definition) is 0. The van der Waals surface area contributed by atoms with Gasteiger partial charge < -0.3 is 9.64 Å². The molecular formula is C17H27N3O. The van der Waals surface area contributed by atoms with Crippen LogP contribution in [0.25, 0.3) is 0 Å². The van der Waals surface area contributed by atoms with Crippen LogP contribution in [0, 0.1) is 17.2 Å². The first-order valence-electron chi connectivity index (χ1n) is 7.40. The van der Waals surface area contributed by atoms with Gasteiger partial charge in [0.05, 0.1) is 12.7 Å². The van der Waals surface area contributed by atoms with Gasteiger partial charge in [0.25, 0.3) is 0 Å². The molecule has 0 atom stereocenters. The van der Waals surface area contributed by atoms with Crippen LogP contribution in [0.4, 0.5) is 0 Å². The van der Waals surface area contributed by atoms with Gasteiger partial charge in [0.2, 0.25) is 0 Å². The molecule has 116 valence electrons. The van der Waals surface area contributed by atoms with Crippen LogP contribution in [0.15, 0.2) is 18.2 Å². The van der Waals surface area contributed by atoms with Gasteiger partial charge in [-0.05, 0) is 37.7 Å². The lowest BCUT2D eigenvalue weighted by Crippen LogP contribution is -2.34. The van der Waals surface area contributed by atoms with Gasteiger partial charge in [0.15, 0.2) is 0 Å². The molecule has 0 aliphatic heterocycles. The Hall–Kier alpha value is -1.57. The maximum atomic E-state index is 9.18. The van der Waals surface area contributed by atoms with Crippen molar-refractivity contribution in [2.45, 2.75) is 20.4 Å². The third-order valence-electron chi connectivity index (χ3n) is 3.28. The number of methoxy groups -OCH3 is 1. The number of hydrogen-bond acceptors (Lipinski definition) is 4. The van der Waals surface area contributed by atoms with Crippen molar-refractivity contribution >= 4 is 0 Å². The standard InChI is InChI=1S/C17H27N3O/c1-14(2)12-20(9-8-19(3)4)13-15-6-7-17(21-5)16(10-15)11-18/h6-7,10,14H,8-9,12-13H2,1-5H3. The summed E-state index contributed by atoms with van der Waals surface area (Å²) >= 11 is 0. The first kappa shape index (κ1) is 17.5. The molecule has 0 unspecified atom stereocenters. The normalized spacial score (nSPS) is 11.2. The van der Waals surface area contributed by atoms with Crippen LogP contribution in [0.3, 0.4) is 0 Å². The molecule has 1 aromatic carbocycles. The lowest BCUT2D eigenvalue weighted by Gasteiger charge is -2.26. The summed E-state index contributed by atoms with van der Waals surface area (Å²) in [6, 6.07) is 8.06. The second kappa shape index (κ2) is 8.66. The van der Waals surface area contributed by atoms with E-state index in [2.05, 4.69) is 43.8 Å². The van der Waals surface area contributed by atoms with Crippen molar-refractivity contribution < 1.29 is 4.74 Å². The van der Waals surface area contributed by atoms with Crippen molar-refractivity contribution in [3.05, 3.63) is 29.3 Å². The van der Waals surface area contributed by atoms with Crippen LogP contribution in [-0.4, -0.2) is 50.6 Å². The van der Waals surface area contributed by atoms with Gasteiger partial charge in [-0.2, -0.15) is 5.26 Å². The van der Waals surface area contributed by atoms with Crippen LogP contribution in [0.5, 0.6) is 5.75 Å². The van der Waals surface area contributed by atoms with E-state index in [1.807, 2.05) is 18.2 Å². The molecular weight excluding hydrogens is 262 g/mol. The average Bonchev–Trinajstić information content (AvgIpc) is 2.44. The average molecular weight is 289 g/mol. The zero-order chi connectivity index (χ0) is 15.8. The molecule has 0 heterocycles. The SMILES string of the molecule is COc1ccc(CN(CCN(C)C)CC(C)C)cc1C#N. The highest BCUT2D eigenvalue weighted by Crippen LogP contribution is 2.20. The third kappa shape index (κ3) is 6.16. The Morgan fingerprint density at radius 3 is 2.48 bits per heavy atom. The highest BCUT2D eigenvalue weighted by Gasteiger charge is 2.11. The topological polar surface area (TPSA) is 39.5 Å². The van der Waals surface area contributed by atoms with Crippen LogP contribution in [0.2, 0.25) is 0 Å². The van der Waals surface area contributed by atoms with Crippen molar-refractivity contribution in [1.29, 1.82) is 5.26 Å². The molecule has 0 aliphatic carbocycles. The van der Waals surface area contributed by atoms with Gasteiger partial charge in [-0.3, -0.25) is 4.90 Å². The minimum atomic E-state index is 0.604. The minimum absolute atomic E-state index is 0.604. The Labute approximate surface area is 128 Å². The number of ether oxygens (including phenoxy) is 1. The molecule has 0 radical (unpaired) electrons.